The van der Waals surface area contributed by atoms with Gasteiger partial charge in [-0.05, 0) is 54.8 Å². The molecule has 1 aromatic heterocycles. The van der Waals surface area contributed by atoms with Crippen molar-refractivity contribution in [1.82, 2.24) is 5.32 Å². The van der Waals surface area contributed by atoms with Crippen molar-refractivity contribution in [2.45, 2.75) is 57.5 Å². The standard InChI is InChI=1S/C25H29ClN2O3/c1-30-22-14-9-17(16-27-19-7-5-3-2-4-6-8-19)21-15-23(31-24(21)22)25(29)28-20-12-10-18(26)11-13-20/h9-15,19,27H,2-8,16H2,1H3,(H,28,29). The summed E-state index contributed by atoms with van der Waals surface area (Å²) in [6, 6.07) is 13.3. The predicted octanol–water partition coefficient (Wildman–Crippen LogP) is 6.55. The van der Waals surface area contributed by atoms with Crippen LogP contribution in [0, 0.1) is 0 Å². The van der Waals surface area contributed by atoms with Crippen LogP contribution in [0.2, 0.25) is 5.02 Å². The van der Waals surface area contributed by atoms with Crippen LogP contribution in [0.5, 0.6) is 5.75 Å². The minimum Gasteiger partial charge on any atom is -0.493 e. The molecular formula is C25H29ClN2O3. The van der Waals surface area contributed by atoms with E-state index in [2.05, 4.69) is 10.6 Å². The van der Waals surface area contributed by atoms with Crippen LogP contribution in [-0.4, -0.2) is 19.1 Å². The second-order valence-corrected chi connectivity index (χ2v) is 8.60. The highest BCUT2D eigenvalue weighted by atomic mass is 35.5. The number of amides is 1. The number of halogens is 1. The van der Waals surface area contributed by atoms with E-state index in [4.69, 9.17) is 20.8 Å². The number of benzene rings is 2. The molecule has 0 spiro atoms. The third kappa shape index (κ3) is 5.41. The molecule has 0 bridgehead atoms. The molecule has 5 nitrogen and oxygen atoms in total. The number of ether oxygens (including phenoxy) is 1. The molecule has 0 unspecified atom stereocenters. The second-order valence-electron chi connectivity index (χ2n) is 8.16. The molecule has 0 atom stereocenters. The fourth-order valence-electron chi connectivity index (χ4n) is 4.22. The number of methoxy groups -OCH3 is 1. The Labute approximate surface area is 188 Å². The number of anilines is 1. The largest absolute Gasteiger partial charge is 0.493 e. The first-order chi connectivity index (χ1) is 15.1. The Bertz CT molecular complexity index is 1020. The third-order valence-electron chi connectivity index (χ3n) is 5.97. The summed E-state index contributed by atoms with van der Waals surface area (Å²) >= 11 is 5.92. The van der Waals surface area contributed by atoms with E-state index in [1.54, 1.807) is 37.4 Å². The van der Waals surface area contributed by atoms with Crippen molar-refractivity contribution in [3.63, 3.8) is 0 Å². The zero-order chi connectivity index (χ0) is 21.6. The zero-order valence-corrected chi connectivity index (χ0v) is 18.6. The first-order valence-corrected chi connectivity index (χ1v) is 11.4. The zero-order valence-electron chi connectivity index (χ0n) is 17.9. The topological polar surface area (TPSA) is 63.5 Å². The summed E-state index contributed by atoms with van der Waals surface area (Å²) < 4.78 is 11.4. The average Bonchev–Trinajstić information content (AvgIpc) is 3.20. The summed E-state index contributed by atoms with van der Waals surface area (Å²) in [6.45, 7) is 0.739. The Kier molecular flexibility index (Phi) is 7.15. The van der Waals surface area contributed by atoms with Gasteiger partial charge in [-0.2, -0.15) is 0 Å². The minimum absolute atomic E-state index is 0.252. The highest BCUT2D eigenvalue weighted by Crippen LogP contribution is 2.32. The fourth-order valence-corrected chi connectivity index (χ4v) is 4.35. The van der Waals surface area contributed by atoms with E-state index in [0.717, 1.165) is 17.5 Å². The normalized spacial score (nSPS) is 15.4. The highest BCUT2D eigenvalue weighted by molar-refractivity contribution is 6.30. The number of hydrogen-bond donors (Lipinski definition) is 2. The molecule has 0 radical (unpaired) electrons. The lowest BCUT2D eigenvalue weighted by Gasteiger charge is -2.21. The van der Waals surface area contributed by atoms with E-state index in [1.807, 2.05) is 12.1 Å². The smallest absolute Gasteiger partial charge is 0.291 e. The first kappa shape index (κ1) is 21.7. The number of hydrogen-bond acceptors (Lipinski definition) is 4. The van der Waals surface area contributed by atoms with Gasteiger partial charge in [0.15, 0.2) is 17.1 Å². The molecule has 1 fully saturated rings. The van der Waals surface area contributed by atoms with Gasteiger partial charge in [-0.3, -0.25) is 4.79 Å². The fraction of sp³-hybridized carbons (Fsp3) is 0.400. The Morgan fingerprint density at radius 1 is 1.06 bits per heavy atom. The van der Waals surface area contributed by atoms with Crippen LogP contribution in [-0.2, 0) is 6.54 Å². The quantitative estimate of drug-likeness (QED) is 0.456. The second kappa shape index (κ2) is 10.2. The highest BCUT2D eigenvalue weighted by Gasteiger charge is 2.19. The maximum atomic E-state index is 12.8. The van der Waals surface area contributed by atoms with Gasteiger partial charge < -0.3 is 19.8 Å². The molecule has 2 N–H and O–H groups in total. The van der Waals surface area contributed by atoms with Gasteiger partial charge in [-0.25, -0.2) is 0 Å². The summed E-state index contributed by atoms with van der Waals surface area (Å²) in [4.78, 5) is 12.8. The maximum absolute atomic E-state index is 12.8. The number of fused-ring (bicyclic) bond motifs is 1. The molecule has 1 aliphatic carbocycles. The van der Waals surface area contributed by atoms with E-state index >= 15 is 0 Å². The Morgan fingerprint density at radius 3 is 2.48 bits per heavy atom. The van der Waals surface area contributed by atoms with Crippen LogP contribution in [0.25, 0.3) is 11.0 Å². The summed E-state index contributed by atoms with van der Waals surface area (Å²) in [5.41, 5.74) is 2.36. The summed E-state index contributed by atoms with van der Waals surface area (Å²) in [5, 5.41) is 8.10. The molecule has 4 rings (SSSR count). The summed E-state index contributed by atoms with van der Waals surface area (Å²) in [5.74, 6) is 0.566. The van der Waals surface area contributed by atoms with Crippen molar-refractivity contribution in [3.8, 4) is 5.75 Å². The molecule has 1 amide bonds. The lowest BCUT2D eigenvalue weighted by molar-refractivity contribution is 0.0998. The van der Waals surface area contributed by atoms with Crippen molar-refractivity contribution in [2.75, 3.05) is 12.4 Å². The van der Waals surface area contributed by atoms with E-state index in [1.165, 1.54) is 44.9 Å². The Balaban J connectivity index is 1.53. The number of rotatable bonds is 6. The molecule has 2 aromatic carbocycles. The lowest BCUT2D eigenvalue weighted by atomic mass is 9.96. The number of nitrogens with one attached hydrogen (secondary N) is 2. The lowest BCUT2D eigenvalue weighted by Crippen LogP contribution is -2.29. The molecule has 164 valence electrons. The van der Waals surface area contributed by atoms with E-state index in [0.29, 0.717) is 28.1 Å². The Hall–Kier alpha value is -2.50. The van der Waals surface area contributed by atoms with Crippen molar-refractivity contribution in [1.29, 1.82) is 0 Å². The summed E-state index contributed by atoms with van der Waals surface area (Å²) in [6.07, 6.45) is 9.05. The van der Waals surface area contributed by atoms with Crippen LogP contribution < -0.4 is 15.4 Å². The van der Waals surface area contributed by atoms with Crippen LogP contribution in [0.3, 0.4) is 0 Å². The number of carbonyl (C=O) groups is 1. The van der Waals surface area contributed by atoms with Gasteiger partial charge in [-0.1, -0.05) is 49.8 Å². The van der Waals surface area contributed by atoms with Gasteiger partial charge in [0, 0.05) is 28.7 Å². The Morgan fingerprint density at radius 2 is 1.77 bits per heavy atom. The van der Waals surface area contributed by atoms with Gasteiger partial charge in [0.25, 0.3) is 5.91 Å². The van der Waals surface area contributed by atoms with E-state index in [9.17, 15) is 4.79 Å². The SMILES string of the molecule is COc1ccc(CNC2CCCCCCC2)c2cc(C(=O)Nc3ccc(Cl)cc3)oc12. The molecule has 1 aliphatic rings. The van der Waals surface area contributed by atoms with Crippen molar-refractivity contribution in [3.05, 3.63) is 58.8 Å². The number of carbonyl (C=O) groups excluding carboxylic acids is 1. The summed E-state index contributed by atoms with van der Waals surface area (Å²) in [7, 11) is 1.61. The molecule has 0 saturated heterocycles. The molecule has 1 saturated carbocycles. The average molecular weight is 441 g/mol. The maximum Gasteiger partial charge on any atom is 0.291 e. The van der Waals surface area contributed by atoms with Gasteiger partial charge >= 0.3 is 0 Å². The third-order valence-corrected chi connectivity index (χ3v) is 6.22. The first-order valence-electron chi connectivity index (χ1n) is 11.0. The van der Waals surface area contributed by atoms with Gasteiger partial charge in [0.1, 0.15) is 0 Å². The molecule has 6 heteroatoms. The van der Waals surface area contributed by atoms with Crippen molar-refractivity contribution >= 4 is 34.2 Å². The number of furan rings is 1. The minimum atomic E-state index is -0.306. The predicted molar refractivity (Wildman–Crippen MR) is 125 cm³/mol. The molecule has 1 heterocycles. The van der Waals surface area contributed by atoms with Crippen molar-refractivity contribution in [2.24, 2.45) is 0 Å². The molecule has 3 aromatic rings. The molecular weight excluding hydrogens is 412 g/mol. The van der Waals surface area contributed by atoms with Gasteiger partial charge in [0.05, 0.1) is 7.11 Å². The van der Waals surface area contributed by atoms with Gasteiger partial charge in [-0.15, -0.1) is 0 Å². The van der Waals surface area contributed by atoms with Crippen LogP contribution in [0.15, 0.2) is 46.9 Å². The molecule has 31 heavy (non-hydrogen) atoms. The van der Waals surface area contributed by atoms with Crippen LogP contribution in [0.4, 0.5) is 5.69 Å². The van der Waals surface area contributed by atoms with Gasteiger partial charge in [0.2, 0.25) is 0 Å². The van der Waals surface area contributed by atoms with Crippen LogP contribution in [0.1, 0.15) is 61.1 Å². The van der Waals surface area contributed by atoms with Crippen LogP contribution >= 0.6 is 11.6 Å². The van der Waals surface area contributed by atoms with Crippen molar-refractivity contribution < 1.29 is 13.9 Å². The van der Waals surface area contributed by atoms with E-state index in [-0.39, 0.29) is 11.7 Å². The molecule has 0 aliphatic heterocycles. The monoisotopic (exact) mass is 440 g/mol. The van der Waals surface area contributed by atoms with E-state index < -0.39 is 0 Å².